The van der Waals surface area contributed by atoms with Gasteiger partial charge in [0.15, 0.2) is 0 Å². The van der Waals surface area contributed by atoms with Crippen LogP contribution >= 0.6 is 27.5 Å². The second kappa shape index (κ2) is 9.49. The highest BCUT2D eigenvalue weighted by Crippen LogP contribution is 2.34. The minimum absolute atomic E-state index is 0.191. The summed E-state index contributed by atoms with van der Waals surface area (Å²) < 4.78 is 28.7. The van der Waals surface area contributed by atoms with Crippen LogP contribution in [0.1, 0.15) is 40.9 Å². The largest absolute Gasteiger partial charge is 0.321 e. The maximum Gasteiger partial charge on any atom is 0.264 e. The number of benzene rings is 3. The number of rotatable bonds is 6. The van der Waals surface area contributed by atoms with Crippen molar-refractivity contribution in [2.75, 3.05) is 16.2 Å². The van der Waals surface area contributed by atoms with Crippen molar-refractivity contribution in [1.82, 2.24) is 0 Å². The Hall–Kier alpha value is -2.35. The van der Waals surface area contributed by atoms with Crippen molar-refractivity contribution in [2.45, 2.75) is 38.0 Å². The zero-order valence-corrected chi connectivity index (χ0v) is 21.5. The summed E-state index contributed by atoms with van der Waals surface area (Å²) in [5, 5.41) is 3.57. The number of sulfonamides is 1. The molecule has 0 saturated carbocycles. The van der Waals surface area contributed by atoms with Crippen LogP contribution < -0.4 is 9.62 Å². The standard InChI is InChI=1S/C25H24BrClN2O3S/c1-3-16-14-20(26)15-17(4-2)24(16)28-25(30)19-5-10-23-18(13-19)11-12-29(23)33(31,32)22-8-6-21(27)7-9-22/h5-10,13-15H,3-4,11-12H2,1-2H3,(H,28,30). The minimum Gasteiger partial charge on any atom is -0.321 e. The van der Waals surface area contributed by atoms with Crippen molar-refractivity contribution in [3.05, 3.63) is 86.3 Å². The van der Waals surface area contributed by atoms with E-state index in [-0.39, 0.29) is 10.8 Å². The number of hydrogen-bond donors (Lipinski definition) is 1. The smallest absolute Gasteiger partial charge is 0.264 e. The van der Waals surface area contributed by atoms with E-state index in [1.54, 1.807) is 30.3 Å². The highest BCUT2D eigenvalue weighted by molar-refractivity contribution is 9.10. The highest BCUT2D eigenvalue weighted by Gasteiger charge is 2.31. The summed E-state index contributed by atoms with van der Waals surface area (Å²) in [6.07, 6.45) is 2.13. The molecule has 1 heterocycles. The molecule has 1 amide bonds. The number of amides is 1. The van der Waals surface area contributed by atoms with Crippen LogP contribution in [-0.4, -0.2) is 20.9 Å². The Bertz CT molecular complexity index is 1300. The Morgan fingerprint density at radius 1 is 1.03 bits per heavy atom. The van der Waals surface area contributed by atoms with Gasteiger partial charge >= 0.3 is 0 Å². The monoisotopic (exact) mass is 546 g/mol. The van der Waals surface area contributed by atoms with Gasteiger partial charge in [0.25, 0.3) is 15.9 Å². The predicted octanol–water partition coefficient (Wildman–Crippen LogP) is 6.23. The van der Waals surface area contributed by atoms with E-state index in [2.05, 4.69) is 35.1 Å². The summed E-state index contributed by atoms with van der Waals surface area (Å²) in [7, 11) is -3.70. The van der Waals surface area contributed by atoms with Gasteiger partial charge in [0.05, 0.1) is 10.6 Å². The van der Waals surface area contributed by atoms with Crippen molar-refractivity contribution in [3.8, 4) is 0 Å². The van der Waals surface area contributed by atoms with Gasteiger partial charge in [-0.25, -0.2) is 8.42 Å². The molecule has 5 nitrogen and oxygen atoms in total. The van der Waals surface area contributed by atoms with Gasteiger partial charge in [-0.15, -0.1) is 0 Å². The molecule has 0 atom stereocenters. The molecule has 0 saturated heterocycles. The molecule has 8 heteroatoms. The van der Waals surface area contributed by atoms with Crippen molar-refractivity contribution >= 4 is 54.8 Å². The quantitative estimate of drug-likeness (QED) is 0.398. The van der Waals surface area contributed by atoms with Crippen molar-refractivity contribution in [1.29, 1.82) is 0 Å². The Labute approximate surface area is 207 Å². The summed E-state index contributed by atoms with van der Waals surface area (Å²) in [5.41, 5.74) is 4.93. The molecule has 0 radical (unpaired) electrons. The van der Waals surface area contributed by atoms with E-state index in [0.717, 1.165) is 39.7 Å². The van der Waals surface area contributed by atoms with Crippen LogP contribution in [0.3, 0.4) is 0 Å². The molecule has 1 N–H and O–H groups in total. The molecule has 0 aromatic heterocycles. The van der Waals surface area contributed by atoms with Gasteiger partial charge < -0.3 is 5.32 Å². The maximum atomic E-state index is 13.1. The fourth-order valence-corrected chi connectivity index (χ4v) is 6.31. The number of nitrogens with one attached hydrogen (secondary N) is 1. The van der Waals surface area contributed by atoms with Gasteiger partial charge in [0.2, 0.25) is 0 Å². The molecular formula is C25H24BrClN2O3S. The predicted molar refractivity (Wildman–Crippen MR) is 137 cm³/mol. The summed E-state index contributed by atoms with van der Waals surface area (Å²) >= 11 is 9.45. The Balaban J connectivity index is 1.61. The number of fused-ring (bicyclic) bond motifs is 1. The molecule has 1 aliphatic heterocycles. The summed E-state index contributed by atoms with van der Waals surface area (Å²) in [5.74, 6) is -0.205. The molecule has 33 heavy (non-hydrogen) atoms. The second-order valence-corrected chi connectivity index (χ2v) is 11.1. The van der Waals surface area contributed by atoms with Gasteiger partial charge in [-0.3, -0.25) is 9.10 Å². The number of nitrogens with zero attached hydrogens (tertiary/aromatic N) is 1. The maximum absolute atomic E-state index is 13.1. The zero-order valence-electron chi connectivity index (χ0n) is 18.4. The third-order valence-electron chi connectivity index (χ3n) is 5.86. The summed E-state index contributed by atoms with van der Waals surface area (Å²) in [6.45, 7) is 4.45. The van der Waals surface area contributed by atoms with E-state index in [9.17, 15) is 13.2 Å². The Kier molecular flexibility index (Phi) is 6.84. The molecule has 4 rings (SSSR count). The summed E-state index contributed by atoms with van der Waals surface area (Å²) in [6, 6.07) is 15.4. The van der Waals surface area contributed by atoms with Gasteiger partial charge in [-0.1, -0.05) is 41.4 Å². The first-order valence-corrected chi connectivity index (χ1v) is 13.4. The molecule has 172 valence electrons. The van der Waals surface area contributed by atoms with Gasteiger partial charge in [0, 0.05) is 27.3 Å². The van der Waals surface area contributed by atoms with Crippen LogP contribution in [0.15, 0.2) is 64.0 Å². The van der Waals surface area contributed by atoms with Crippen molar-refractivity contribution in [2.24, 2.45) is 0 Å². The van der Waals surface area contributed by atoms with Crippen LogP contribution in [0.25, 0.3) is 0 Å². The fraction of sp³-hybridized carbons (Fsp3) is 0.240. The van der Waals surface area contributed by atoms with E-state index in [1.165, 1.54) is 16.4 Å². The van der Waals surface area contributed by atoms with Crippen LogP contribution in [0, 0.1) is 0 Å². The average Bonchev–Trinajstić information content (AvgIpc) is 3.24. The first-order valence-electron chi connectivity index (χ1n) is 10.8. The lowest BCUT2D eigenvalue weighted by Gasteiger charge is -2.20. The second-order valence-electron chi connectivity index (χ2n) is 7.88. The van der Waals surface area contributed by atoms with Crippen LogP contribution in [0.4, 0.5) is 11.4 Å². The lowest BCUT2D eigenvalue weighted by Crippen LogP contribution is -2.29. The van der Waals surface area contributed by atoms with Crippen molar-refractivity contribution < 1.29 is 13.2 Å². The number of aryl methyl sites for hydroxylation is 2. The third-order valence-corrected chi connectivity index (χ3v) is 8.40. The van der Waals surface area contributed by atoms with E-state index < -0.39 is 10.0 Å². The number of anilines is 2. The summed E-state index contributed by atoms with van der Waals surface area (Å²) in [4.78, 5) is 13.3. The normalized spacial score (nSPS) is 13.2. The van der Waals surface area contributed by atoms with Gasteiger partial charge in [-0.05, 0) is 90.6 Å². The van der Waals surface area contributed by atoms with Crippen LogP contribution in [0.5, 0.6) is 0 Å². The molecular weight excluding hydrogens is 524 g/mol. The molecule has 3 aromatic rings. The molecule has 0 unspecified atom stereocenters. The fourth-order valence-electron chi connectivity index (χ4n) is 4.13. The number of carbonyl (C=O) groups excluding carboxylic acids is 1. The number of carbonyl (C=O) groups is 1. The topological polar surface area (TPSA) is 66.5 Å². The highest BCUT2D eigenvalue weighted by atomic mass is 79.9. The molecule has 3 aromatic carbocycles. The molecule has 0 aliphatic carbocycles. The Morgan fingerprint density at radius 2 is 1.67 bits per heavy atom. The first kappa shape index (κ1) is 23.8. The van der Waals surface area contributed by atoms with Crippen molar-refractivity contribution in [3.63, 3.8) is 0 Å². The van der Waals surface area contributed by atoms with E-state index in [4.69, 9.17) is 11.6 Å². The van der Waals surface area contributed by atoms with Gasteiger partial charge in [-0.2, -0.15) is 0 Å². The van der Waals surface area contributed by atoms with E-state index >= 15 is 0 Å². The van der Waals surface area contributed by atoms with E-state index in [0.29, 0.717) is 29.2 Å². The SMILES string of the molecule is CCc1cc(Br)cc(CC)c1NC(=O)c1ccc2c(c1)CCN2S(=O)(=O)c1ccc(Cl)cc1. The minimum atomic E-state index is -3.70. The average molecular weight is 548 g/mol. The number of hydrogen-bond acceptors (Lipinski definition) is 3. The third kappa shape index (κ3) is 4.67. The van der Waals surface area contributed by atoms with E-state index in [1.807, 2.05) is 12.1 Å². The lowest BCUT2D eigenvalue weighted by molar-refractivity contribution is 0.102. The zero-order chi connectivity index (χ0) is 23.8. The van der Waals surface area contributed by atoms with Gasteiger partial charge in [0.1, 0.15) is 0 Å². The molecule has 0 spiro atoms. The lowest BCUT2D eigenvalue weighted by atomic mass is 10.0. The number of halogens is 2. The molecule has 1 aliphatic rings. The molecule has 0 fully saturated rings. The van der Waals surface area contributed by atoms with Crippen LogP contribution in [0.2, 0.25) is 5.02 Å². The Morgan fingerprint density at radius 3 is 2.27 bits per heavy atom. The molecule has 0 bridgehead atoms. The first-order chi connectivity index (χ1) is 15.7. The van der Waals surface area contributed by atoms with Crippen LogP contribution in [-0.2, 0) is 29.3 Å².